The van der Waals surface area contributed by atoms with Crippen LogP contribution in [0.4, 0.5) is 4.79 Å². The number of amides is 2. The van der Waals surface area contributed by atoms with Crippen LogP contribution in [0.5, 0.6) is 0 Å². The van der Waals surface area contributed by atoms with Gasteiger partial charge < -0.3 is 15.4 Å². The smallest absolute Gasteiger partial charge is 0.408 e. The van der Waals surface area contributed by atoms with Crippen LogP contribution >= 0.6 is 0 Å². The number of ether oxygens (including phenoxy) is 1. The van der Waals surface area contributed by atoms with Crippen LogP contribution in [0.2, 0.25) is 0 Å². The van der Waals surface area contributed by atoms with Crippen LogP contribution in [0, 0.1) is 12.1 Å². The summed E-state index contributed by atoms with van der Waals surface area (Å²) in [4.78, 5) is 47.1. The van der Waals surface area contributed by atoms with Gasteiger partial charge in [-0.1, -0.05) is 72.8 Å². The van der Waals surface area contributed by atoms with E-state index in [0.717, 1.165) is 56.1 Å². The van der Waals surface area contributed by atoms with Gasteiger partial charge in [0.25, 0.3) is 0 Å². The number of carbonyl (C=O) groups excluding carboxylic acids is 2. The Morgan fingerprint density at radius 1 is 0.585 bits per heavy atom. The summed E-state index contributed by atoms with van der Waals surface area (Å²) in [5, 5.41) is 7.87. The van der Waals surface area contributed by atoms with Crippen molar-refractivity contribution >= 4 is 33.8 Å². The van der Waals surface area contributed by atoms with E-state index in [1.54, 1.807) is 57.7 Å². The first-order chi connectivity index (χ1) is 31.2. The molecular weight excluding hydrogens is 987 g/mol. The monoisotopic (exact) mass is 1030 g/mol. The Morgan fingerprint density at radius 3 is 1.66 bits per heavy atom. The van der Waals surface area contributed by atoms with Gasteiger partial charge in [-0.25, -0.2) is 4.79 Å². The molecule has 0 aliphatic carbocycles. The Morgan fingerprint density at radius 2 is 1.14 bits per heavy atom. The molecule has 11 heteroatoms. The van der Waals surface area contributed by atoms with E-state index in [9.17, 15) is 9.59 Å². The molecule has 0 bridgehead atoms. The van der Waals surface area contributed by atoms with Gasteiger partial charge in [0.2, 0.25) is 5.91 Å². The first kappa shape index (κ1) is 47.0. The Balaban J connectivity index is 0.000000176. The number of pyridine rings is 5. The van der Waals surface area contributed by atoms with Gasteiger partial charge in [0.05, 0.1) is 22.4 Å². The number of para-hydroxylation sites is 2. The molecule has 5 aromatic heterocycles. The number of hydrogen-bond acceptors (Lipinski definition) is 8. The summed E-state index contributed by atoms with van der Waals surface area (Å²) in [6.07, 6.45) is 6.37. The molecule has 4 aromatic carbocycles. The second kappa shape index (κ2) is 23.3. The van der Waals surface area contributed by atoms with E-state index in [4.69, 9.17) is 4.74 Å². The third-order valence-electron chi connectivity index (χ3n) is 9.58. The van der Waals surface area contributed by atoms with Crippen molar-refractivity contribution in [2.45, 2.75) is 45.4 Å². The van der Waals surface area contributed by atoms with Crippen LogP contribution in [-0.4, -0.2) is 48.6 Å². The minimum atomic E-state index is -0.798. The summed E-state index contributed by atoms with van der Waals surface area (Å²) >= 11 is 0. The number of carbonyl (C=O) groups is 2. The van der Waals surface area contributed by atoms with Gasteiger partial charge in [-0.15, -0.1) is 71.8 Å². The van der Waals surface area contributed by atoms with Crippen molar-refractivity contribution < 1.29 is 34.4 Å². The molecule has 1 radical (unpaired) electrons. The minimum absolute atomic E-state index is 0. The molecule has 0 aliphatic heterocycles. The summed E-state index contributed by atoms with van der Waals surface area (Å²) in [6.45, 7) is 5.58. The molecule has 0 aliphatic rings. The van der Waals surface area contributed by atoms with Crippen molar-refractivity contribution in [1.29, 1.82) is 0 Å². The number of hydrogen-bond donors (Lipinski definition) is 2. The molecule has 9 aromatic rings. The van der Waals surface area contributed by atoms with Crippen molar-refractivity contribution in [2.24, 2.45) is 0 Å². The zero-order chi connectivity index (χ0) is 44.6. The van der Waals surface area contributed by atoms with Gasteiger partial charge in [0.1, 0.15) is 11.6 Å². The normalized spacial score (nSPS) is 11.1. The SMILES string of the molecule is CC(C)(C)OC(=O)N[C@@H](Cc1ccncc1)C(=O)NCc1ccc(-c2ccccn2)nc1.[Ir].[c-]1ccccc1-c1ccc2ccccc2n1.[c-]1ccccc1-c1ccc2ccccc2n1. The quantitative estimate of drug-likeness (QED) is 0.137. The van der Waals surface area contributed by atoms with Crippen molar-refractivity contribution in [1.82, 2.24) is 35.6 Å². The van der Waals surface area contributed by atoms with Crippen molar-refractivity contribution in [3.63, 3.8) is 0 Å². The predicted molar refractivity (Wildman–Crippen MR) is 252 cm³/mol. The number of nitrogens with zero attached hydrogens (tertiary/aromatic N) is 5. The Hall–Kier alpha value is -7.46. The second-order valence-corrected chi connectivity index (χ2v) is 15.6. The molecule has 0 fully saturated rings. The maximum atomic E-state index is 12.9. The number of fused-ring (bicyclic) bond motifs is 2. The first-order valence-corrected chi connectivity index (χ1v) is 20.9. The fourth-order valence-corrected chi connectivity index (χ4v) is 6.46. The van der Waals surface area contributed by atoms with Crippen molar-refractivity contribution in [2.75, 3.05) is 0 Å². The van der Waals surface area contributed by atoms with Gasteiger partial charge in [0.15, 0.2) is 0 Å². The summed E-state index contributed by atoms with van der Waals surface area (Å²) < 4.78 is 5.32. The standard InChI is InChI=1S/C24H27N5O3.2C15H10N.Ir/c1-24(2,3)32-23(31)29-21(14-17-9-12-25-13-10-17)22(30)28-16-18-7-8-20(27-15-18)19-6-4-5-11-26-19;2*1-2-6-12(7-3-1)15-11-10-13-8-4-5-9-14(13)16-15;/h4-13,15,21H,14,16H2,1-3H3,(H,28,30)(H,29,31);2*1-6,8-11H;/q;2*-1;/t21-;;;/m0.../s1. The summed E-state index contributed by atoms with van der Waals surface area (Å²) in [5.41, 5.74) is 8.64. The number of benzene rings is 4. The maximum Gasteiger partial charge on any atom is 0.408 e. The zero-order valence-electron chi connectivity index (χ0n) is 36.2. The molecule has 1 atom stereocenters. The fraction of sp³-hybridized carbons (Fsp3) is 0.130. The molecule has 0 unspecified atom stereocenters. The fourth-order valence-electron chi connectivity index (χ4n) is 6.46. The van der Waals surface area contributed by atoms with E-state index < -0.39 is 17.7 Å². The molecule has 5 heterocycles. The molecule has 327 valence electrons. The number of alkyl carbamates (subject to hydrolysis) is 1. The Labute approximate surface area is 393 Å². The van der Waals surface area contributed by atoms with Crippen LogP contribution < -0.4 is 10.6 Å². The summed E-state index contributed by atoms with van der Waals surface area (Å²) in [6, 6.07) is 58.9. The number of aromatic nitrogens is 5. The molecule has 2 N–H and O–H groups in total. The third kappa shape index (κ3) is 14.3. The average Bonchev–Trinajstić information content (AvgIpc) is 3.34. The first-order valence-electron chi connectivity index (χ1n) is 20.9. The van der Waals surface area contributed by atoms with Crippen LogP contribution in [0.1, 0.15) is 31.9 Å². The van der Waals surface area contributed by atoms with E-state index in [-0.39, 0.29) is 32.6 Å². The molecule has 2 amide bonds. The van der Waals surface area contributed by atoms with Crippen LogP contribution in [0.15, 0.2) is 189 Å². The van der Waals surface area contributed by atoms with E-state index in [2.05, 4.69) is 72.0 Å². The molecule has 10 nitrogen and oxygen atoms in total. The molecular formula is C54H47IrN7O3-2. The molecule has 9 rings (SSSR count). The topological polar surface area (TPSA) is 132 Å². The third-order valence-corrected chi connectivity index (χ3v) is 9.58. The van der Waals surface area contributed by atoms with Crippen molar-refractivity contribution in [3.05, 3.63) is 212 Å². The number of rotatable bonds is 9. The van der Waals surface area contributed by atoms with E-state index in [1.807, 2.05) is 127 Å². The van der Waals surface area contributed by atoms with Gasteiger partial charge >= 0.3 is 6.09 Å². The van der Waals surface area contributed by atoms with Crippen LogP contribution in [0.25, 0.3) is 55.7 Å². The van der Waals surface area contributed by atoms with E-state index in [1.165, 1.54) is 10.8 Å². The summed E-state index contributed by atoms with van der Waals surface area (Å²) in [7, 11) is 0. The molecule has 0 spiro atoms. The van der Waals surface area contributed by atoms with Gasteiger partial charge in [-0.05, 0) is 96.5 Å². The van der Waals surface area contributed by atoms with E-state index in [0.29, 0.717) is 6.42 Å². The largest absolute Gasteiger partial charge is 0.444 e. The number of nitrogens with one attached hydrogen (secondary N) is 2. The second-order valence-electron chi connectivity index (χ2n) is 15.6. The van der Waals surface area contributed by atoms with Crippen LogP contribution in [-0.2, 0) is 42.6 Å². The molecule has 0 saturated heterocycles. The minimum Gasteiger partial charge on any atom is -0.444 e. The Bertz CT molecular complexity index is 2770. The van der Waals surface area contributed by atoms with E-state index >= 15 is 0 Å². The van der Waals surface area contributed by atoms with Gasteiger partial charge in [-0.3, -0.25) is 29.7 Å². The summed E-state index contributed by atoms with van der Waals surface area (Å²) in [5.74, 6) is -0.318. The zero-order valence-corrected chi connectivity index (χ0v) is 38.6. The van der Waals surface area contributed by atoms with Gasteiger partial charge in [-0.2, -0.15) is 0 Å². The predicted octanol–water partition coefficient (Wildman–Crippen LogP) is 10.7. The maximum absolute atomic E-state index is 12.9. The van der Waals surface area contributed by atoms with Crippen molar-refractivity contribution in [3.8, 4) is 33.9 Å². The molecule has 65 heavy (non-hydrogen) atoms. The van der Waals surface area contributed by atoms with Crippen LogP contribution in [0.3, 0.4) is 0 Å². The van der Waals surface area contributed by atoms with Gasteiger partial charge in [0, 0.05) is 57.9 Å². The molecule has 0 saturated carbocycles. The Kier molecular flexibility index (Phi) is 16.8. The average molecular weight is 1030 g/mol.